The van der Waals surface area contributed by atoms with Gasteiger partial charge in [0.2, 0.25) is 5.91 Å². The molecule has 3 rings (SSSR count). The predicted molar refractivity (Wildman–Crippen MR) is 88.5 cm³/mol. The normalized spacial score (nSPS) is 16.2. The molecule has 1 amide bonds. The topological polar surface area (TPSA) is 47.4 Å². The van der Waals surface area contributed by atoms with Gasteiger partial charge in [0.25, 0.3) is 0 Å². The highest BCUT2D eigenvalue weighted by Crippen LogP contribution is 2.38. The van der Waals surface area contributed by atoms with Gasteiger partial charge in [-0.25, -0.2) is 0 Å². The summed E-state index contributed by atoms with van der Waals surface area (Å²) in [7, 11) is 3.54. The zero-order valence-corrected chi connectivity index (χ0v) is 14.1. The van der Waals surface area contributed by atoms with Crippen molar-refractivity contribution in [2.24, 2.45) is 7.05 Å². The fourth-order valence-electron chi connectivity index (χ4n) is 3.22. The molecule has 1 unspecified atom stereocenters. The lowest BCUT2D eigenvalue weighted by atomic mass is 10.1. The van der Waals surface area contributed by atoms with Crippen LogP contribution in [-0.2, 0) is 24.8 Å². The summed E-state index contributed by atoms with van der Waals surface area (Å²) in [5.41, 5.74) is 3.44. The molecule has 1 heterocycles. The Balaban J connectivity index is 1.88. The Morgan fingerprint density at radius 1 is 1.52 bits per heavy atom. The van der Waals surface area contributed by atoms with E-state index in [2.05, 4.69) is 17.2 Å². The summed E-state index contributed by atoms with van der Waals surface area (Å²) in [4.78, 5) is 14.2. The van der Waals surface area contributed by atoms with Gasteiger partial charge in [0.15, 0.2) is 0 Å². The Hall–Kier alpha value is -2.01. The van der Waals surface area contributed by atoms with Gasteiger partial charge >= 0.3 is 0 Å². The number of aromatic nitrogens is 2. The van der Waals surface area contributed by atoms with Crippen LogP contribution in [0.5, 0.6) is 5.75 Å². The van der Waals surface area contributed by atoms with E-state index in [9.17, 15) is 4.79 Å². The minimum absolute atomic E-state index is 0.0117. The van der Waals surface area contributed by atoms with Crippen LogP contribution in [0.1, 0.15) is 29.2 Å². The number of benzene rings is 1. The zero-order valence-electron chi connectivity index (χ0n) is 13.3. The van der Waals surface area contributed by atoms with E-state index >= 15 is 0 Å². The number of amides is 1. The molecule has 23 heavy (non-hydrogen) atoms. The number of rotatable bonds is 5. The molecule has 0 saturated heterocycles. The summed E-state index contributed by atoms with van der Waals surface area (Å²) in [5, 5.41) is 4.18. The van der Waals surface area contributed by atoms with Crippen molar-refractivity contribution in [2.75, 3.05) is 13.0 Å². The zero-order chi connectivity index (χ0) is 16.4. The third-order valence-electron chi connectivity index (χ3n) is 4.32. The Kier molecular flexibility index (Phi) is 4.57. The van der Waals surface area contributed by atoms with E-state index in [1.807, 2.05) is 24.2 Å². The van der Waals surface area contributed by atoms with Crippen LogP contribution in [0.2, 0.25) is 0 Å². The maximum absolute atomic E-state index is 12.4. The molecule has 0 fully saturated rings. The van der Waals surface area contributed by atoms with Crippen LogP contribution < -0.4 is 4.74 Å². The van der Waals surface area contributed by atoms with Crippen LogP contribution in [0.15, 0.2) is 30.6 Å². The number of hydrogen-bond donors (Lipinski definition) is 0. The SMILES string of the molecule is COc1ccc2c(c1)CCC2N(Cc1cnn(C)c1)C(=O)CCl. The van der Waals surface area contributed by atoms with Gasteiger partial charge in [0.05, 0.1) is 19.3 Å². The number of alkyl halides is 1. The van der Waals surface area contributed by atoms with Gasteiger partial charge in [0.1, 0.15) is 11.6 Å². The summed E-state index contributed by atoms with van der Waals surface area (Å²) in [5.74, 6) is 0.790. The van der Waals surface area contributed by atoms with E-state index < -0.39 is 0 Å². The summed E-state index contributed by atoms with van der Waals surface area (Å²) >= 11 is 5.84. The second kappa shape index (κ2) is 6.62. The van der Waals surface area contributed by atoms with Crippen molar-refractivity contribution in [1.29, 1.82) is 0 Å². The Morgan fingerprint density at radius 2 is 2.35 bits per heavy atom. The van der Waals surface area contributed by atoms with Crippen LogP contribution in [0.3, 0.4) is 0 Å². The minimum atomic E-state index is -0.0517. The third-order valence-corrected chi connectivity index (χ3v) is 4.55. The highest BCUT2D eigenvalue weighted by atomic mass is 35.5. The van der Waals surface area contributed by atoms with Gasteiger partial charge in [-0.05, 0) is 36.1 Å². The summed E-state index contributed by atoms with van der Waals surface area (Å²) < 4.78 is 7.03. The molecule has 0 aliphatic heterocycles. The number of hydrogen-bond acceptors (Lipinski definition) is 3. The molecule has 1 aromatic heterocycles. The van der Waals surface area contributed by atoms with Crippen molar-refractivity contribution in [1.82, 2.24) is 14.7 Å². The van der Waals surface area contributed by atoms with Crippen LogP contribution >= 0.6 is 11.6 Å². The molecule has 122 valence electrons. The van der Waals surface area contributed by atoms with Crippen LogP contribution in [0.4, 0.5) is 0 Å². The summed E-state index contributed by atoms with van der Waals surface area (Å²) in [6.07, 6.45) is 5.57. The largest absolute Gasteiger partial charge is 0.497 e. The van der Waals surface area contributed by atoms with Crippen molar-refractivity contribution >= 4 is 17.5 Å². The molecule has 0 radical (unpaired) electrons. The van der Waals surface area contributed by atoms with E-state index in [1.54, 1.807) is 18.0 Å². The van der Waals surface area contributed by atoms with Gasteiger partial charge in [-0.1, -0.05) is 6.07 Å². The van der Waals surface area contributed by atoms with E-state index in [1.165, 1.54) is 11.1 Å². The molecule has 0 spiro atoms. The van der Waals surface area contributed by atoms with Gasteiger partial charge in [-0.3, -0.25) is 9.48 Å². The monoisotopic (exact) mass is 333 g/mol. The maximum Gasteiger partial charge on any atom is 0.238 e. The van der Waals surface area contributed by atoms with E-state index in [4.69, 9.17) is 16.3 Å². The first-order valence-corrected chi connectivity index (χ1v) is 8.15. The maximum atomic E-state index is 12.4. The smallest absolute Gasteiger partial charge is 0.238 e. The quantitative estimate of drug-likeness (QED) is 0.790. The molecule has 6 heteroatoms. The number of nitrogens with zero attached hydrogens (tertiary/aromatic N) is 3. The molecule has 1 atom stereocenters. The van der Waals surface area contributed by atoms with E-state index in [0.29, 0.717) is 6.54 Å². The van der Waals surface area contributed by atoms with Crippen LogP contribution in [0.25, 0.3) is 0 Å². The number of carbonyl (C=O) groups excluding carboxylic acids is 1. The number of fused-ring (bicyclic) bond motifs is 1. The number of halogens is 1. The van der Waals surface area contributed by atoms with Crippen LogP contribution in [-0.4, -0.2) is 33.6 Å². The lowest BCUT2D eigenvalue weighted by molar-refractivity contribution is -0.131. The Labute approximate surface area is 140 Å². The molecule has 0 N–H and O–H groups in total. The molecular weight excluding hydrogens is 314 g/mol. The first-order valence-electron chi connectivity index (χ1n) is 7.62. The fraction of sp³-hybridized carbons (Fsp3) is 0.412. The molecular formula is C17H20ClN3O2. The van der Waals surface area contributed by atoms with Gasteiger partial charge in [0, 0.05) is 25.4 Å². The first-order chi connectivity index (χ1) is 11.1. The minimum Gasteiger partial charge on any atom is -0.497 e. The molecule has 5 nitrogen and oxygen atoms in total. The lowest BCUT2D eigenvalue weighted by Gasteiger charge is -2.29. The molecule has 1 aromatic carbocycles. The third kappa shape index (κ3) is 3.20. The first kappa shape index (κ1) is 15.9. The Bertz CT molecular complexity index is 714. The average molecular weight is 334 g/mol. The highest BCUT2D eigenvalue weighted by molar-refractivity contribution is 6.27. The summed E-state index contributed by atoms with van der Waals surface area (Å²) in [6.45, 7) is 0.523. The molecule has 1 aliphatic carbocycles. The molecule has 2 aromatic rings. The van der Waals surface area contributed by atoms with Crippen molar-refractivity contribution in [3.05, 3.63) is 47.3 Å². The number of ether oxygens (including phenoxy) is 1. The fourth-order valence-corrected chi connectivity index (χ4v) is 3.37. The second-order valence-electron chi connectivity index (χ2n) is 5.80. The van der Waals surface area contributed by atoms with Crippen molar-refractivity contribution in [3.8, 4) is 5.75 Å². The van der Waals surface area contributed by atoms with Gasteiger partial charge < -0.3 is 9.64 Å². The van der Waals surface area contributed by atoms with Crippen molar-refractivity contribution in [3.63, 3.8) is 0 Å². The van der Waals surface area contributed by atoms with Crippen molar-refractivity contribution in [2.45, 2.75) is 25.4 Å². The van der Waals surface area contributed by atoms with E-state index in [0.717, 1.165) is 24.2 Å². The lowest BCUT2D eigenvalue weighted by Crippen LogP contribution is -2.34. The number of carbonyl (C=O) groups is 1. The molecule has 0 bridgehead atoms. The summed E-state index contributed by atoms with van der Waals surface area (Å²) in [6, 6.07) is 6.12. The predicted octanol–water partition coefficient (Wildman–Crippen LogP) is 2.68. The van der Waals surface area contributed by atoms with Gasteiger partial charge in [-0.2, -0.15) is 5.10 Å². The molecule has 0 saturated carbocycles. The van der Waals surface area contributed by atoms with E-state index in [-0.39, 0.29) is 17.8 Å². The van der Waals surface area contributed by atoms with Crippen molar-refractivity contribution < 1.29 is 9.53 Å². The van der Waals surface area contributed by atoms with Gasteiger partial charge in [-0.15, -0.1) is 11.6 Å². The average Bonchev–Trinajstić information content (AvgIpc) is 3.17. The standard InChI is InChI=1S/C17H20ClN3O2/c1-20-10-12(9-19-20)11-21(17(22)8-18)16-6-3-13-7-14(23-2)4-5-15(13)16/h4-5,7,9-10,16H,3,6,8,11H2,1-2H3. The van der Waals surface area contributed by atoms with Crippen LogP contribution in [0, 0.1) is 0 Å². The number of aryl methyl sites for hydroxylation is 2. The molecule has 1 aliphatic rings. The highest BCUT2D eigenvalue weighted by Gasteiger charge is 2.31. The second-order valence-corrected chi connectivity index (χ2v) is 6.06. The number of methoxy groups -OCH3 is 1. The Morgan fingerprint density at radius 3 is 3.00 bits per heavy atom.